The molecule has 2 aliphatic heterocycles. The number of anilines is 1. The molecule has 4 heterocycles. The number of carbonyl (C=O) groups is 1. The Morgan fingerprint density at radius 1 is 1.21 bits per heavy atom. The summed E-state index contributed by atoms with van der Waals surface area (Å²) in [7, 11) is 0. The zero-order chi connectivity index (χ0) is 19.2. The molecule has 2 N–H and O–H groups in total. The van der Waals surface area contributed by atoms with Gasteiger partial charge in [-0.2, -0.15) is 0 Å². The molecule has 8 heteroatoms. The zero-order valence-electron chi connectivity index (χ0n) is 16.3. The van der Waals surface area contributed by atoms with Crippen molar-refractivity contribution in [3.8, 4) is 0 Å². The number of nitrogens with one attached hydrogen (secondary N) is 2. The predicted molar refractivity (Wildman–Crippen MR) is 107 cm³/mol. The molecule has 0 radical (unpaired) electrons. The molecular formula is C20H29N7O. The van der Waals surface area contributed by atoms with Crippen LogP contribution in [0.25, 0.3) is 0 Å². The molecule has 2 saturated heterocycles. The molecule has 0 spiro atoms. The summed E-state index contributed by atoms with van der Waals surface area (Å²) < 4.78 is 1.80. The third kappa shape index (κ3) is 4.86. The summed E-state index contributed by atoms with van der Waals surface area (Å²) in [6, 6.07) is 6.76. The van der Waals surface area contributed by atoms with Crippen molar-refractivity contribution in [2.24, 2.45) is 0 Å². The molecule has 0 bridgehead atoms. The highest BCUT2D eigenvalue weighted by Gasteiger charge is 2.25. The van der Waals surface area contributed by atoms with E-state index in [4.69, 9.17) is 0 Å². The first-order valence-corrected chi connectivity index (χ1v) is 10.4. The van der Waals surface area contributed by atoms with Gasteiger partial charge in [0.15, 0.2) is 5.69 Å². The number of pyridine rings is 1. The van der Waals surface area contributed by atoms with Crippen molar-refractivity contribution < 1.29 is 4.79 Å². The molecule has 28 heavy (non-hydrogen) atoms. The topological polar surface area (TPSA) is 88.0 Å². The van der Waals surface area contributed by atoms with Gasteiger partial charge in [0.25, 0.3) is 5.91 Å². The second kappa shape index (κ2) is 9.14. The fraction of sp³-hybridized carbons (Fsp3) is 0.600. The minimum absolute atomic E-state index is 0.0154. The lowest BCUT2D eigenvalue weighted by atomic mass is 10.0. The lowest BCUT2D eigenvalue weighted by Gasteiger charge is -2.32. The standard InChI is InChI=1S/C20H29N7O/c28-20(18-15-27(25-24-18)14-9-16-5-1-3-10-21-16)26-12-7-17(8-13-26)23-19-6-2-4-11-22-19/h2,4,6,11,15-17,21H,1,3,5,7-10,12-14H2,(H,22,23)/t16-/m1/s1. The largest absolute Gasteiger partial charge is 0.367 e. The number of hydrogen-bond donors (Lipinski definition) is 2. The van der Waals surface area contributed by atoms with E-state index in [1.54, 1.807) is 17.1 Å². The fourth-order valence-electron chi connectivity index (χ4n) is 4.01. The van der Waals surface area contributed by atoms with Crippen molar-refractivity contribution in [3.05, 3.63) is 36.3 Å². The van der Waals surface area contributed by atoms with E-state index in [0.717, 1.165) is 51.3 Å². The molecule has 2 fully saturated rings. The first kappa shape index (κ1) is 18.9. The van der Waals surface area contributed by atoms with E-state index in [2.05, 4.69) is 25.9 Å². The average Bonchev–Trinajstić information content (AvgIpc) is 3.23. The normalized spacial score (nSPS) is 20.9. The molecule has 0 aromatic carbocycles. The summed E-state index contributed by atoms with van der Waals surface area (Å²) in [5, 5.41) is 15.3. The SMILES string of the molecule is O=C(c1cn(CC[C@H]2CCCCN2)nn1)N1CCC(Nc2ccccn2)CC1. The fourth-order valence-corrected chi connectivity index (χ4v) is 4.01. The van der Waals surface area contributed by atoms with Gasteiger partial charge >= 0.3 is 0 Å². The van der Waals surface area contributed by atoms with E-state index in [1.165, 1.54) is 19.3 Å². The van der Waals surface area contributed by atoms with Crippen molar-refractivity contribution in [1.82, 2.24) is 30.2 Å². The number of piperidine rings is 2. The Labute approximate surface area is 165 Å². The van der Waals surface area contributed by atoms with Crippen LogP contribution in [0.4, 0.5) is 5.82 Å². The summed E-state index contributed by atoms with van der Waals surface area (Å²) in [6.45, 7) is 3.36. The van der Waals surface area contributed by atoms with Crippen molar-refractivity contribution >= 4 is 11.7 Å². The summed E-state index contributed by atoms with van der Waals surface area (Å²) in [5.74, 6) is 0.876. The van der Waals surface area contributed by atoms with E-state index >= 15 is 0 Å². The molecule has 4 rings (SSSR count). The molecule has 2 aromatic rings. The van der Waals surface area contributed by atoms with Gasteiger partial charge in [0.1, 0.15) is 5.82 Å². The third-order valence-corrected chi connectivity index (χ3v) is 5.68. The van der Waals surface area contributed by atoms with Crippen LogP contribution in [0.1, 0.15) is 49.0 Å². The summed E-state index contributed by atoms with van der Waals surface area (Å²) >= 11 is 0. The van der Waals surface area contributed by atoms with Gasteiger partial charge in [0.2, 0.25) is 0 Å². The number of aryl methyl sites for hydroxylation is 1. The third-order valence-electron chi connectivity index (χ3n) is 5.68. The number of aromatic nitrogens is 4. The van der Waals surface area contributed by atoms with E-state index in [9.17, 15) is 4.79 Å². The van der Waals surface area contributed by atoms with Crippen molar-refractivity contribution in [3.63, 3.8) is 0 Å². The number of likely N-dealkylation sites (tertiary alicyclic amines) is 1. The Hall–Kier alpha value is -2.48. The van der Waals surface area contributed by atoms with E-state index in [-0.39, 0.29) is 5.91 Å². The maximum absolute atomic E-state index is 12.7. The number of rotatable bonds is 6. The minimum atomic E-state index is -0.0154. The van der Waals surface area contributed by atoms with E-state index < -0.39 is 0 Å². The summed E-state index contributed by atoms with van der Waals surface area (Å²) in [4.78, 5) is 18.9. The first-order chi connectivity index (χ1) is 13.8. The van der Waals surface area contributed by atoms with Gasteiger partial charge in [-0.15, -0.1) is 5.10 Å². The molecule has 2 aromatic heterocycles. The molecule has 0 unspecified atom stereocenters. The van der Waals surface area contributed by atoms with Crippen molar-refractivity contribution in [2.75, 3.05) is 25.0 Å². The van der Waals surface area contributed by atoms with E-state index in [0.29, 0.717) is 17.8 Å². The molecular weight excluding hydrogens is 354 g/mol. The summed E-state index contributed by atoms with van der Waals surface area (Å²) in [6.07, 6.45) is 10.2. The van der Waals surface area contributed by atoms with Crippen molar-refractivity contribution in [1.29, 1.82) is 0 Å². The van der Waals surface area contributed by atoms with Crippen LogP contribution in [0.15, 0.2) is 30.6 Å². The number of hydrogen-bond acceptors (Lipinski definition) is 6. The first-order valence-electron chi connectivity index (χ1n) is 10.4. The molecule has 150 valence electrons. The minimum Gasteiger partial charge on any atom is -0.367 e. The van der Waals surface area contributed by atoms with Crippen LogP contribution < -0.4 is 10.6 Å². The molecule has 2 aliphatic rings. The molecule has 0 aliphatic carbocycles. The lowest BCUT2D eigenvalue weighted by molar-refractivity contribution is 0.0712. The quantitative estimate of drug-likeness (QED) is 0.792. The van der Waals surface area contributed by atoms with Crippen LogP contribution in [0.3, 0.4) is 0 Å². The van der Waals surface area contributed by atoms with Crippen LogP contribution in [-0.4, -0.2) is 62.5 Å². The van der Waals surface area contributed by atoms with Crippen LogP contribution in [-0.2, 0) is 6.54 Å². The lowest BCUT2D eigenvalue weighted by Crippen LogP contribution is -2.42. The number of nitrogens with zero attached hydrogens (tertiary/aromatic N) is 5. The second-order valence-corrected chi connectivity index (χ2v) is 7.73. The number of carbonyl (C=O) groups excluding carboxylic acids is 1. The maximum Gasteiger partial charge on any atom is 0.276 e. The van der Waals surface area contributed by atoms with Gasteiger partial charge in [-0.25, -0.2) is 4.98 Å². The van der Waals surface area contributed by atoms with Crippen LogP contribution in [0.5, 0.6) is 0 Å². The van der Waals surface area contributed by atoms with Crippen LogP contribution in [0, 0.1) is 0 Å². The van der Waals surface area contributed by atoms with Gasteiger partial charge in [0, 0.05) is 37.9 Å². The van der Waals surface area contributed by atoms with Gasteiger partial charge in [-0.1, -0.05) is 17.7 Å². The average molecular weight is 384 g/mol. The Balaban J connectivity index is 1.24. The predicted octanol–water partition coefficient (Wildman–Crippen LogP) is 1.92. The highest BCUT2D eigenvalue weighted by molar-refractivity contribution is 5.92. The Morgan fingerprint density at radius 3 is 2.86 bits per heavy atom. The monoisotopic (exact) mass is 383 g/mol. The Morgan fingerprint density at radius 2 is 2.11 bits per heavy atom. The maximum atomic E-state index is 12.7. The van der Waals surface area contributed by atoms with Gasteiger partial charge in [0.05, 0.1) is 6.20 Å². The van der Waals surface area contributed by atoms with Crippen LogP contribution in [0.2, 0.25) is 0 Å². The van der Waals surface area contributed by atoms with E-state index in [1.807, 2.05) is 23.1 Å². The van der Waals surface area contributed by atoms with Gasteiger partial charge in [-0.3, -0.25) is 9.48 Å². The zero-order valence-corrected chi connectivity index (χ0v) is 16.3. The number of amides is 1. The highest BCUT2D eigenvalue weighted by atomic mass is 16.2. The van der Waals surface area contributed by atoms with Crippen molar-refractivity contribution in [2.45, 2.75) is 57.2 Å². The molecule has 1 atom stereocenters. The molecule has 8 nitrogen and oxygen atoms in total. The molecule has 1 amide bonds. The highest BCUT2D eigenvalue weighted by Crippen LogP contribution is 2.17. The van der Waals surface area contributed by atoms with Gasteiger partial charge in [-0.05, 0) is 50.8 Å². The van der Waals surface area contributed by atoms with Gasteiger partial charge < -0.3 is 15.5 Å². The second-order valence-electron chi connectivity index (χ2n) is 7.73. The summed E-state index contributed by atoms with van der Waals surface area (Å²) in [5.41, 5.74) is 0.452. The smallest absolute Gasteiger partial charge is 0.276 e. The molecule has 0 saturated carbocycles. The van der Waals surface area contributed by atoms with Crippen LogP contribution >= 0.6 is 0 Å². The Kier molecular flexibility index (Phi) is 6.16. The Bertz CT molecular complexity index is 749.